The molecule has 8 heteroatoms. The number of benzene rings is 2. The van der Waals surface area contributed by atoms with Gasteiger partial charge in [-0.3, -0.25) is 14.5 Å². The van der Waals surface area contributed by atoms with Gasteiger partial charge in [-0.2, -0.15) is 5.26 Å². The third kappa shape index (κ3) is 3.99. The van der Waals surface area contributed by atoms with Crippen molar-refractivity contribution in [2.45, 2.75) is 6.54 Å². The van der Waals surface area contributed by atoms with Crippen LogP contribution in [0.15, 0.2) is 71.8 Å². The Hall–Kier alpha value is -4.09. The second kappa shape index (κ2) is 8.34. The van der Waals surface area contributed by atoms with Crippen molar-refractivity contribution < 1.29 is 19.5 Å². The van der Waals surface area contributed by atoms with E-state index in [1.54, 1.807) is 65.4 Å². The van der Waals surface area contributed by atoms with Gasteiger partial charge in [0.15, 0.2) is 0 Å². The van der Waals surface area contributed by atoms with Crippen molar-refractivity contribution in [3.63, 3.8) is 0 Å². The van der Waals surface area contributed by atoms with Gasteiger partial charge in [-0.05, 0) is 59.8 Å². The smallest absolute Gasteiger partial charge is 0.335 e. The number of hydrogen-bond donors (Lipinski definition) is 1. The molecule has 1 N–H and O–H groups in total. The molecule has 0 bridgehead atoms. The molecular formula is C23H15N3O4S. The Kier molecular flexibility index (Phi) is 5.43. The monoisotopic (exact) mass is 429 g/mol. The van der Waals surface area contributed by atoms with E-state index in [4.69, 9.17) is 0 Å². The summed E-state index contributed by atoms with van der Waals surface area (Å²) < 4.78 is 1.74. The van der Waals surface area contributed by atoms with Gasteiger partial charge in [0.2, 0.25) is 0 Å². The molecule has 1 aliphatic heterocycles. The van der Waals surface area contributed by atoms with Crippen LogP contribution < -0.4 is 0 Å². The molecule has 1 fully saturated rings. The van der Waals surface area contributed by atoms with E-state index in [-0.39, 0.29) is 17.0 Å². The quantitative estimate of drug-likeness (QED) is 0.607. The number of rotatable bonds is 5. The van der Waals surface area contributed by atoms with Crippen molar-refractivity contribution in [3.05, 3.63) is 94.1 Å². The standard InChI is InChI=1S/C23H15N3O4S/c24-13-16-5-1-2-6-17(16)14-26-21(27)20(31-23(26)30)12-19-9-4-10-25(19)18-8-3-7-15(11-18)22(28)29/h1-12H,14H2,(H,28,29)/b20-12-. The number of carbonyl (C=O) groups is 3. The zero-order chi connectivity index (χ0) is 22.0. The summed E-state index contributed by atoms with van der Waals surface area (Å²) in [6, 6.07) is 18.9. The number of aromatic carboxylic acids is 1. The average Bonchev–Trinajstić information content (AvgIpc) is 3.34. The first kappa shape index (κ1) is 20.2. The van der Waals surface area contributed by atoms with Gasteiger partial charge in [0.1, 0.15) is 0 Å². The third-order valence-electron chi connectivity index (χ3n) is 4.77. The number of hydrogen-bond acceptors (Lipinski definition) is 5. The van der Waals surface area contributed by atoms with Crippen molar-refractivity contribution in [2.24, 2.45) is 0 Å². The Balaban J connectivity index is 1.63. The highest BCUT2D eigenvalue weighted by Crippen LogP contribution is 2.34. The van der Waals surface area contributed by atoms with Crippen molar-refractivity contribution in [1.29, 1.82) is 5.26 Å². The zero-order valence-corrected chi connectivity index (χ0v) is 16.9. The summed E-state index contributed by atoms with van der Waals surface area (Å²) >= 11 is 0.833. The fourth-order valence-electron chi connectivity index (χ4n) is 3.24. The number of carbonyl (C=O) groups excluding carboxylic acids is 2. The number of thioether (sulfide) groups is 1. The highest BCUT2D eigenvalue weighted by molar-refractivity contribution is 8.18. The lowest BCUT2D eigenvalue weighted by Crippen LogP contribution is -2.27. The third-order valence-corrected chi connectivity index (χ3v) is 5.68. The number of amides is 2. The minimum Gasteiger partial charge on any atom is -0.478 e. The van der Waals surface area contributed by atoms with E-state index in [2.05, 4.69) is 6.07 Å². The maximum atomic E-state index is 12.9. The second-order valence-corrected chi connectivity index (χ2v) is 7.69. The molecule has 0 atom stereocenters. The van der Waals surface area contributed by atoms with Crippen LogP contribution in [0.25, 0.3) is 11.8 Å². The van der Waals surface area contributed by atoms with Crippen molar-refractivity contribution >= 4 is 35.0 Å². The van der Waals surface area contributed by atoms with E-state index in [1.165, 1.54) is 12.1 Å². The maximum absolute atomic E-state index is 12.9. The van der Waals surface area contributed by atoms with Crippen LogP contribution in [0, 0.1) is 11.3 Å². The van der Waals surface area contributed by atoms with E-state index in [1.807, 2.05) is 0 Å². The zero-order valence-electron chi connectivity index (χ0n) is 16.1. The molecular weight excluding hydrogens is 414 g/mol. The summed E-state index contributed by atoms with van der Waals surface area (Å²) in [7, 11) is 0. The Morgan fingerprint density at radius 3 is 2.68 bits per heavy atom. The summed E-state index contributed by atoms with van der Waals surface area (Å²) in [5.41, 5.74) is 2.41. The molecule has 2 aromatic carbocycles. The first-order valence-electron chi connectivity index (χ1n) is 9.22. The number of carboxylic acids is 1. The van der Waals surface area contributed by atoms with Gasteiger partial charge in [-0.15, -0.1) is 0 Å². The highest BCUT2D eigenvalue weighted by Gasteiger charge is 2.35. The van der Waals surface area contributed by atoms with E-state index in [0.717, 1.165) is 16.7 Å². The highest BCUT2D eigenvalue weighted by atomic mass is 32.2. The fourth-order valence-corrected chi connectivity index (χ4v) is 4.07. The summed E-state index contributed by atoms with van der Waals surface area (Å²) in [5, 5.41) is 18.1. The Bertz CT molecular complexity index is 1290. The molecule has 0 unspecified atom stereocenters. The second-order valence-electron chi connectivity index (χ2n) is 6.70. The van der Waals surface area contributed by atoms with Crippen molar-refractivity contribution in [2.75, 3.05) is 0 Å². The Morgan fingerprint density at radius 2 is 1.90 bits per heavy atom. The van der Waals surface area contributed by atoms with E-state index < -0.39 is 17.1 Å². The molecule has 4 rings (SSSR count). The van der Waals surface area contributed by atoms with Gasteiger partial charge in [-0.1, -0.05) is 24.3 Å². The lowest BCUT2D eigenvalue weighted by Gasteiger charge is -2.13. The van der Waals surface area contributed by atoms with E-state index in [0.29, 0.717) is 22.5 Å². The lowest BCUT2D eigenvalue weighted by atomic mass is 10.1. The Labute approximate surface area is 181 Å². The molecule has 1 aromatic heterocycles. The summed E-state index contributed by atoms with van der Waals surface area (Å²) in [4.78, 5) is 38.0. The lowest BCUT2D eigenvalue weighted by molar-refractivity contribution is -0.123. The van der Waals surface area contributed by atoms with Gasteiger partial charge < -0.3 is 9.67 Å². The predicted octanol–water partition coefficient (Wildman–Crippen LogP) is 4.28. The van der Waals surface area contributed by atoms with Crippen LogP contribution in [-0.2, 0) is 11.3 Å². The first-order valence-corrected chi connectivity index (χ1v) is 10.0. The largest absolute Gasteiger partial charge is 0.478 e. The normalized spacial score (nSPS) is 14.8. The minimum atomic E-state index is -1.03. The van der Waals surface area contributed by atoms with Crippen molar-refractivity contribution in [3.8, 4) is 11.8 Å². The SMILES string of the molecule is N#Cc1ccccc1CN1C(=O)S/C(=C\c2cccn2-c2cccc(C(=O)O)c2)C1=O. The Morgan fingerprint density at radius 1 is 1.10 bits per heavy atom. The van der Waals surface area contributed by atoms with Crippen LogP contribution in [-0.4, -0.2) is 31.7 Å². The van der Waals surface area contributed by atoms with Gasteiger partial charge in [0, 0.05) is 17.6 Å². The number of imide groups is 1. The molecule has 1 aliphatic rings. The molecule has 0 spiro atoms. The molecule has 0 radical (unpaired) electrons. The van der Waals surface area contributed by atoms with Crippen molar-refractivity contribution in [1.82, 2.24) is 9.47 Å². The average molecular weight is 429 g/mol. The van der Waals surface area contributed by atoms with E-state index >= 15 is 0 Å². The fraction of sp³-hybridized carbons (Fsp3) is 0.0435. The minimum absolute atomic E-state index is 0.0212. The molecule has 0 saturated carbocycles. The number of aromatic nitrogens is 1. The molecule has 152 valence electrons. The molecule has 1 saturated heterocycles. The van der Waals surface area contributed by atoms with Crippen LogP contribution >= 0.6 is 11.8 Å². The molecule has 31 heavy (non-hydrogen) atoms. The van der Waals surface area contributed by atoms with Gasteiger partial charge in [-0.25, -0.2) is 4.79 Å². The van der Waals surface area contributed by atoms with Gasteiger partial charge in [0.25, 0.3) is 11.1 Å². The van der Waals surface area contributed by atoms with Crippen LogP contribution in [0.5, 0.6) is 0 Å². The van der Waals surface area contributed by atoms with Crippen LogP contribution in [0.3, 0.4) is 0 Å². The topological polar surface area (TPSA) is 103 Å². The summed E-state index contributed by atoms with van der Waals surface area (Å²) in [6.45, 7) is 0.0212. The van der Waals surface area contributed by atoms with Gasteiger partial charge >= 0.3 is 5.97 Å². The van der Waals surface area contributed by atoms with Crippen LogP contribution in [0.4, 0.5) is 4.79 Å². The molecule has 0 aliphatic carbocycles. The van der Waals surface area contributed by atoms with E-state index in [9.17, 15) is 24.8 Å². The number of nitrogens with zero attached hydrogens (tertiary/aromatic N) is 3. The number of carboxylic acid groups (broad SMARTS) is 1. The first-order chi connectivity index (χ1) is 15.0. The molecule has 3 aromatic rings. The number of nitriles is 1. The van der Waals surface area contributed by atoms with Gasteiger partial charge in [0.05, 0.1) is 28.6 Å². The summed E-state index contributed by atoms with van der Waals surface area (Å²) in [5.74, 6) is -1.47. The van der Waals surface area contributed by atoms with Crippen LogP contribution in [0.1, 0.15) is 27.2 Å². The predicted molar refractivity (Wildman–Crippen MR) is 115 cm³/mol. The molecule has 7 nitrogen and oxygen atoms in total. The molecule has 2 amide bonds. The summed E-state index contributed by atoms with van der Waals surface area (Å²) in [6.07, 6.45) is 3.36. The van der Waals surface area contributed by atoms with Crippen LogP contribution in [0.2, 0.25) is 0 Å². The maximum Gasteiger partial charge on any atom is 0.335 e. The molecule has 2 heterocycles.